The number of nitriles is 1. The van der Waals surface area contributed by atoms with Gasteiger partial charge in [-0.05, 0) is 25.0 Å². The Bertz CT molecular complexity index is 582. The third kappa shape index (κ3) is 2.59. The summed E-state index contributed by atoms with van der Waals surface area (Å²) < 4.78 is 1.78. The Morgan fingerprint density at radius 1 is 1.39 bits per heavy atom. The molecule has 0 amide bonds. The second-order valence-electron chi connectivity index (χ2n) is 5.04. The molecule has 1 aromatic heterocycles. The van der Waals surface area contributed by atoms with Crippen LogP contribution in [0.1, 0.15) is 25.0 Å². The van der Waals surface area contributed by atoms with Crippen molar-refractivity contribution < 1.29 is 0 Å². The highest BCUT2D eigenvalue weighted by Crippen LogP contribution is 2.22. The highest BCUT2D eigenvalue weighted by atomic mass is 15.3. The van der Waals surface area contributed by atoms with Gasteiger partial charge in [0.05, 0.1) is 18.0 Å². The molecule has 0 aliphatic carbocycles. The first-order chi connectivity index (χ1) is 8.51. The van der Waals surface area contributed by atoms with E-state index in [2.05, 4.69) is 34.4 Å². The number of rotatable bonds is 3. The van der Waals surface area contributed by atoms with Crippen molar-refractivity contribution in [3.05, 3.63) is 42.0 Å². The maximum Gasteiger partial charge on any atom is 0.139 e. The topological polar surface area (TPSA) is 54.5 Å². The second-order valence-corrected chi connectivity index (χ2v) is 5.04. The Hall–Kier alpha value is -2.09. The lowest BCUT2D eigenvalue weighted by molar-refractivity contribution is 0.668. The molecule has 0 aliphatic heterocycles. The minimum atomic E-state index is -0.469. The Kier molecular flexibility index (Phi) is 3.20. The molecule has 1 heterocycles. The van der Waals surface area contributed by atoms with Crippen molar-refractivity contribution in [1.29, 1.82) is 5.26 Å². The van der Waals surface area contributed by atoms with Gasteiger partial charge < -0.3 is 0 Å². The highest BCUT2D eigenvalue weighted by molar-refractivity contribution is 6.32. The molecule has 2 aromatic rings. The first-order valence-electron chi connectivity index (χ1n) is 5.86. The van der Waals surface area contributed by atoms with Crippen molar-refractivity contribution in [1.82, 2.24) is 14.8 Å². The van der Waals surface area contributed by atoms with Gasteiger partial charge in [-0.2, -0.15) is 10.4 Å². The fraction of sp³-hybridized carbons (Fsp3) is 0.308. The van der Waals surface area contributed by atoms with E-state index in [9.17, 15) is 5.26 Å². The molecule has 0 bridgehead atoms. The van der Waals surface area contributed by atoms with Crippen LogP contribution >= 0.6 is 0 Å². The van der Waals surface area contributed by atoms with Crippen LogP contribution in [0, 0.1) is 11.3 Å². The molecule has 90 valence electrons. The zero-order valence-electron chi connectivity index (χ0n) is 10.9. The lowest BCUT2D eigenvalue weighted by Gasteiger charge is -2.18. The van der Waals surface area contributed by atoms with Crippen molar-refractivity contribution in [2.24, 2.45) is 0 Å². The molecule has 0 spiro atoms. The van der Waals surface area contributed by atoms with Gasteiger partial charge in [-0.1, -0.05) is 23.7 Å². The van der Waals surface area contributed by atoms with Crippen LogP contribution in [0.5, 0.6) is 0 Å². The van der Waals surface area contributed by atoms with Gasteiger partial charge in [0, 0.05) is 0 Å². The van der Waals surface area contributed by atoms with Crippen LogP contribution in [-0.2, 0) is 12.0 Å². The number of hydrogen-bond acceptors (Lipinski definition) is 3. The van der Waals surface area contributed by atoms with Crippen LogP contribution in [0.4, 0.5) is 0 Å². The molecular formula is C13H15BN4. The normalized spacial score (nSPS) is 11.2. The molecule has 5 heteroatoms. The Labute approximate surface area is 108 Å². The van der Waals surface area contributed by atoms with Crippen LogP contribution < -0.4 is 5.46 Å². The summed E-state index contributed by atoms with van der Waals surface area (Å²) in [7, 11) is 2.04. The third-order valence-corrected chi connectivity index (χ3v) is 2.95. The van der Waals surface area contributed by atoms with Gasteiger partial charge in [0.15, 0.2) is 0 Å². The maximum absolute atomic E-state index is 9.21. The van der Waals surface area contributed by atoms with Crippen LogP contribution in [0.3, 0.4) is 0 Å². The van der Waals surface area contributed by atoms with E-state index in [1.807, 2.05) is 21.7 Å². The number of benzene rings is 1. The highest BCUT2D eigenvalue weighted by Gasteiger charge is 2.20. The van der Waals surface area contributed by atoms with Gasteiger partial charge in [0.2, 0.25) is 0 Å². The van der Waals surface area contributed by atoms with E-state index < -0.39 is 5.41 Å². The molecule has 0 unspecified atom stereocenters. The Balaban J connectivity index is 2.36. The van der Waals surface area contributed by atoms with Gasteiger partial charge in [0.1, 0.15) is 20.5 Å². The van der Waals surface area contributed by atoms with Crippen molar-refractivity contribution in [2.45, 2.75) is 25.8 Å². The average Bonchev–Trinajstić information content (AvgIpc) is 2.81. The Morgan fingerprint density at radius 2 is 2.17 bits per heavy atom. The molecule has 0 N–H and O–H groups in total. The standard InChI is InChI=1S/C13H15BN4/c1-13(2,7-15)11-3-10(4-12(14)5-11)6-18-9-16-8-17-18/h3-5,8-9H,6,14H2,1-2H3. The van der Waals surface area contributed by atoms with Crippen LogP contribution in [0.2, 0.25) is 0 Å². The lowest BCUT2D eigenvalue weighted by Crippen LogP contribution is -2.18. The summed E-state index contributed by atoms with van der Waals surface area (Å²) in [5, 5.41) is 13.3. The van der Waals surface area contributed by atoms with Crippen molar-refractivity contribution in [2.75, 3.05) is 0 Å². The zero-order chi connectivity index (χ0) is 13.2. The van der Waals surface area contributed by atoms with E-state index in [-0.39, 0.29) is 0 Å². The summed E-state index contributed by atoms with van der Waals surface area (Å²) in [4.78, 5) is 3.93. The van der Waals surface area contributed by atoms with Gasteiger partial charge in [0.25, 0.3) is 0 Å². The molecule has 0 radical (unpaired) electrons. The molecule has 0 aliphatic rings. The quantitative estimate of drug-likeness (QED) is 0.726. The Morgan fingerprint density at radius 3 is 2.78 bits per heavy atom. The summed E-state index contributed by atoms with van der Waals surface area (Å²) in [6, 6.07) is 8.58. The SMILES string of the molecule is Bc1cc(Cn2cncn2)cc(C(C)(C)C#N)c1. The van der Waals surface area contributed by atoms with E-state index in [1.54, 1.807) is 11.0 Å². The summed E-state index contributed by atoms with van der Waals surface area (Å²) >= 11 is 0. The molecule has 0 atom stereocenters. The molecule has 18 heavy (non-hydrogen) atoms. The molecule has 1 aromatic carbocycles. The second kappa shape index (κ2) is 4.65. The first-order valence-corrected chi connectivity index (χ1v) is 5.86. The number of aromatic nitrogens is 3. The molecule has 0 saturated heterocycles. The minimum absolute atomic E-state index is 0.469. The van der Waals surface area contributed by atoms with Crippen LogP contribution in [0.15, 0.2) is 30.9 Å². The summed E-state index contributed by atoms with van der Waals surface area (Å²) in [5.74, 6) is 0. The van der Waals surface area contributed by atoms with Crippen LogP contribution in [-0.4, -0.2) is 22.6 Å². The predicted octanol–water partition coefficient (Wildman–Crippen LogP) is 0.386. The average molecular weight is 238 g/mol. The van der Waals surface area contributed by atoms with Crippen molar-refractivity contribution in [3.63, 3.8) is 0 Å². The van der Waals surface area contributed by atoms with Gasteiger partial charge in [-0.25, -0.2) is 9.67 Å². The largest absolute Gasteiger partial charge is 0.249 e. The maximum atomic E-state index is 9.21. The van der Waals surface area contributed by atoms with Gasteiger partial charge >= 0.3 is 0 Å². The van der Waals surface area contributed by atoms with E-state index in [0.29, 0.717) is 6.54 Å². The van der Waals surface area contributed by atoms with Crippen LogP contribution in [0.25, 0.3) is 0 Å². The molecule has 0 saturated carbocycles. The lowest BCUT2D eigenvalue weighted by atomic mass is 9.81. The van der Waals surface area contributed by atoms with E-state index in [0.717, 1.165) is 16.6 Å². The number of hydrogen-bond donors (Lipinski definition) is 0. The summed E-state index contributed by atoms with van der Waals surface area (Å²) in [6.45, 7) is 4.54. The fourth-order valence-corrected chi connectivity index (χ4v) is 1.88. The summed E-state index contributed by atoms with van der Waals surface area (Å²) in [6.07, 6.45) is 3.22. The van der Waals surface area contributed by atoms with E-state index >= 15 is 0 Å². The zero-order valence-corrected chi connectivity index (χ0v) is 10.9. The first kappa shape index (κ1) is 12.4. The van der Waals surface area contributed by atoms with Gasteiger partial charge in [-0.3, -0.25) is 0 Å². The van der Waals surface area contributed by atoms with E-state index in [4.69, 9.17) is 0 Å². The number of nitrogens with zero attached hydrogens (tertiary/aromatic N) is 4. The molecular weight excluding hydrogens is 223 g/mol. The molecule has 0 fully saturated rings. The minimum Gasteiger partial charge on any atom is -0.249 e. The predicted molar refractivity (Wildman–Crippen MR) is 72.4 cm³/mol. The monoisotopic (exact) mass is 238 g/mol. The van der Waals surface area contributed by atoms with E-state index in [1.165, 1.54) is 6.33 Å². The van der Waals surface area contributed by atoms with Gasteiger partial charge in [-0.15, -0.1) is 0 Å². The summed E-state index contributed by atoms with van der Waals surface area (Å²) in [5.41, 5.74) is 2.87. The smallest absolute Gasteiger partial charge is 0.139 e. The fourth-order valence-electron chi connectivity index (χ4n) is 1.88. The van der Waals surface area contributed by atoms with Crippen molar-refractivity contribution >= 4 is 13.3 Å². The third-order valence-electron chi connectivity index (χ3n) is 2.95. The molecule has 4 nitrogen and oxygen atoms in total. The molecule has 2 rings (SSSR count). The van der Waals surface area contributed by atoms with Crippen molar-refractivity contribution in [3.8, 4) is 6.07 Å².